The van der Waals surface area contributed by atoms with E-state index in [0.717, 1.165) is 6.08 Å². The maximum atomic E-state index is 10.5. The fourth-order valence-electron chi connectivity index (χ4n) is 0.297. The molecule has 0 radical (unpaired) electrons. The van der Waals surface area contributed by atoms with E-state index in [1.165, 1.54) is 7.11 Å². The predicted octanol–water partition coefficient (Wildman–Crippen LogP) is -0.294. The van der Waals surface area contributed by atoms with E-state index in [1.807, 2.05) is 0 Å². The lowest BCUT2D eigenvalue weighted by Gasteiger charge is -1.97. The molecule has 6 nitrogen and oxygen atoms in total. The Labute approximate surface area is 68.3 Å². The van der Waals surface area contributed by atoms with Gasteiger partial charge in [0, 0.05) is 19.3 Å². The van der Waals surface area contributed by atoms with Crippen molar-refractivity contribution >= 4 is 11.9 Å². The second kappa shape index (κ2) is 6.32. The molecular formula is C6H8O6. The zero-order chi connectivity index (χ0) is 9.40. The molecule has 0 spiro atoms. The number of hydrogen-bond donors (Lipinski definition) is 1. The summed E-state index contributed by atoms with van der Waals surface area (Å²) in [6.45, 7) is -0.202. The minimum atomic E-state index is -1.24. The molecule has 0 rings (SSSR count). The standard InChI is InChI=1S/C6H8O6/c1-10-4-11-12-6(9)3-2-5(7)8/h2-3H,4H2,1H3,(H,7,8)/b3-2+. The highest BCUT2D eigenvalue weighted by Gasteiger charge is 1.98. The normalized spacial score (nSPS) is 10.1. The second-order valence-corrected chi connectivity index (χ2v) is 1.60. The van der Waals surface area contributed by atoms with Gasteiger partial charge in [-0.25, -0.2) is 9.59 Å². The highest BCUT2D eigenvalue weighted by molar-refractivity contribution is 5.90. The van der Waals surface area contributed by atoms with Crippen molar-refractivity contribution in [3.05, 3.63) is 12.2 Å². The highest BCUT2D eigenvalue weighted by atomic mass is 17.2. The highest BCUT2D eigenvalue weighted by Crippen LogP contribution is 1.83. The summed E-state index contributed by atoms with van der Waals surface area (Å²) in [5, 5.41) is 8.07. The van der Waals surface area contributed by atoms with Gasteiger partial charge in [-0.05, 0) is 0 Å². The van der Waals surface area contributed by atoms with Crippen molar-refractivity contribution in [3.63, 3.8) is 0 Å². The van der Waals surface area contributed by atoms with Gasteiger partial charge in [-0.2, -0.15) is 4.89 Å². The Bertz CT molecular complexity index is 184. The van der Waals surface area contributed by atoms with E-state index in [9.17, 15) is 9.59 Å². The molecule has 68 valence electrons. The van der Waals surface area contributed by atoms with Crippen molar-refractivity contribution in [2.24, 2.45) is 0 Å². The summed E-state index contributed by atoms with van der Waals surface area (Å²) in [5.41, 5.74) is 0. The Hall–Kier alpha value is -1.40. The summed E-state index contributed by atoms with van der Waals surface area (Å²) in [4.78, 5) is 28.5. The van der Waals surface area contributed by atoms with Crippen LogP contribution in [0.2, 0.25) is 0 Å². The first-order valence-electron chi connectivity index (χ1n) is 2.90. The zero-order valence-corrected chi connectivity index (χ0v) is 6.35. The molecule has 0 saturated carbocycles. The van der Waals surface area contributed by atoms with Crippen molar-refractivity contribution < 1.29 is 29.2 Å². The molecule has 0 aromatic heterocycles. The molecule has 0 saturated heterocycles. The van der Waals surface area contributed by atoms with Gasteiger partial charge in [-0.1, -0.05) is 0 Å². The summed E-state index contributed by atoms with van der Waals surface area (Å²) in [7, 11) is 1.35. The van der Waals surface area contributed by atoms with Crippen LogP contribution in [0.5, 0.6) is 0 Å². The van der Waals surface area contributed by atoms with Gasteiger partial charge in [-0.3, -0.25) is 4.89 Å². The molecule has 0 aliphatic carbocycles. The topological polar surface area (TPSA) is 82.1 Å². The van der Waals surface area contributed by atoms with Crippen LogP contribution in [-0.2, 0) is 24.1 Å². The summed E-state index contributed by atoms with van der Waals surface area (Å²) in [5.74, 6) is -2.15. The van der Waals surface area contributed by atoms with Crippen LogP contribution >= 0.6 is 0 Å². The van der Waals surface area contributed by atoms with Crippen LogP contribution in [0.1, 0.15) is 0 Å². The number of rotatable bonds is 5. The SMILES string of the molecule is COCOOC(=O)/C=C/C(=O)O. The van der Waals surface area contributed by atoms with Gasteiger partial charge in [-0.15, -0.1) is 0 Å². The number of carbonyl (C=O) groups excluding carboxylic acids is 1. The Kier molecular flexibility index (Phi) is 5.58. The molecule has 0 bridgehead atoms. The summed E-state index contributed by atoms with van der Waals surface area (Å²) < 4.78 is 4.38. The monoisotopic (exact) mass is 176 g/mol. The number of hydrogen-bond acceptors (Lipinski definition) is 5. The zero-order valence-electron chi connectivity index (χ0n) is 6.35. The van der Waals surface area contributed by atoms with E-state index < -0.39 is 11.9 Å². The molecule has 0 aromatic rings. The van der Waals surface area contributed by atoms with Gasteiger partial charge in [0.25, 0.3) is 0 Å². The first-order chi connectivity index (χ1) is 5.66. The van der Waals surface area contributed by atoms with Gasteiger partial charge < -0.3 is 9.84 Å². The molecule has 0 atom stereocenters. The van der Waals surface area contributed by atoms with Gasteiger partial charge in [0.05, 0.1) is 0 Å². The second-order valence-electron chi connectivity index (χ2n) is 1.60. The minimum Gasteiger partial charge on any atom is -0.478 e. The van der Waals surface area contributed by atoms with Crippen molar-refractivity contribution in [1.82, 2.24) is 0 Å². The Morgan fingerprint density at radius 3 is 2.58 bits per heavy atom. The van der Waals surface area contributed by atoms with E-state index in [1.54, 1.807) is 0 Å². The first kappa shape index (κ1) is 10.6. The van der Waals surface area contributed by atoms with Crippen LogP contribution in [0.15, 0.2) is 12.2 Å². The largest absolute Gasteiger partial charge is 0.478 e. The summed E-state index contributed by atoms with van der Waals surface area (Å²) >= 11 is 0. The maximum Gasteiger partial charge on any atom is 0.366 e. The molecule has 0 aliphatic rings. The Morgan fingerprint density at radius 2 is 2.08 bits per heavy atom. The number of carbonyl (C=O) groups is 2. The van der Waals surface area contributed by atoms with Crippen molar-refractivity contribution in [2.45, 2.75) is 0 Å². The molecule has 0 unspecified atom stereocenters. The number of methoxy groups -OCH3 is 1. The lowest BCUT2D eigenvalue weighted by atomic mass is 10.5. The summed E-state index contributed by atoms with van der Waals surface area (Å²) in [6.07, 6.45) is 1.36. The maximum absolute atomic E-state index is 10.5. The van der Waals surface area contributed by atoms with Gasteiger partial charge in [0.2, 0.25) is 0 Å². The number of aliphatic carboxylic acids is 1. The lowest BCUT2D eigenvalue weighted by Crippen LogP contribution is -2.04. The smallest absolute Gasteiger partial charge is 0.366 e. The molecule has 1 N–H and O–H groups in total. The van der Waals surface area contributed by atoms with E-state index in [4.69, 9.17) is 5.11 Å². The molecule has 6 heteroatoms. The van der Waals surface area contributed by atoms with Crippen LogP contribution in [0.3, 0.4) is 0 Å². The first-order valence-corrected chi connectivity index (χ1v) is 2.90. The fourth-order valence-corrected chi connectivity index (χ4v) is 0.297. The van der Waals surface area contributed by atoms with Gasteiger partial charge >= 0.3 is 11.9 Å². The van der Waals surface area contributed by atoms with E-state index in [0.29, 0.717) is 6.08 Å². The summed E-state index contributed by atoms with van der Waals surface area (Å²) in [6, 6.07) is 0. The third-order valence-corrected chi connectivity index (χ3v) is 0.669. The molecule has 0 aromatic carbocycles. The van der Waals surface area contributed by atoms with Crippen molar-refractivity contribution in [3.8, 4) is 0 Å². The quantitative estimate of drug-likeness (QED) is 0.204. The van der Waals surface area contributed by atoms with Crippen LogP contribution in [0, 0.1) is 0 Å². The van der Waals surface area contributed by atoms with E-state index >= 15 is 0 Å². The van der Waals surface area contributed by atoms with E-state index in [-0.39, 0.29) is 6.79 Å². The van der Waals surface area contributed by atoms with E-state index in [2.05, 4.69) is 14.5 Å². The molecule has 0 amide bonds. The number of ether oxygens (including phenoxy) is 1. The average molecular weight is 176 g/mol. The number of carboxylic acid groups (broad SMARTS) is 1. The third kappa shape index (κ3) is 6.72. The molecule has 0 aliphatic heterocycles. The van der Waals surface area contributed by atoms with Crippen molar-refractivity contribution in [2.75, 3.05) is 13.9 Å². The van der Waals surface area contributed by atoms with Crippen LogP contribution in [0.25, 0.3) is 0 Å². The molecule has 0 heterocycles. The molecule has 12 heavy (non-hydrogen) atoms. The Morgan fingerprint density at radius 1 is 1.42 bits per heavy atom. The lowest BCUT2D eigenvalue weighted by molar-refractivity contribution is -0.302. The van der Waals surface area contributed by atoms with Gasteiger partial charge in [0.1, 0.15) is 0 Å². The van der Waals surface area contributed by atoms with Gasteiger partial charge in [0.15, 0.2) is 6.79 Å². The predicted molar refractivity (Wildman–Crippen MR) is 35.8 cm³/mol. The van der Waals surface area contributed by atoms with Crippen LogP contribution in [0.4, 0.5) is 0 Å². The number of carboxylic acids is 1. The van der Waals surface area contributed by atoms with Crippen LogP contribution in [-0.4, -0.2) is 30.9 Å². The molecular weight excluding hydrogens is 168 g/mol. The molecule has 0 fully saturated rings. The Balaban J connectivity index is 3.53. The minimum absolute atomic E-state index is 0.202. The fraction of sp³-hybridized carbons (Fsp3) is 0.333. The average Bonchev–Trinajstić information content (AvgIpc) is 2.01. The van der Waals surface area contributed by atoms with Crippen LogP contribution < -0.4 is 0 Å². The third-order valence-electron chi connectivity index (χ3n) is 0.669. The van der Waals surface area contributed by atoms with Crippen molar-refractivity contribution in [1.29, 1.82) is 0 Å².